The number of nitrogens with zero attached hydrogens (tertiary/aromatic N) is 3. The van der Waals surface area contributed by atoms with Crippen molar-refractivity contribution in [3.8, 4) is 6.07 Å². The number of allylic oxidation sites excluding steroid dienone is 1. The van der Waals surface area contributed by atoms with E-state index in [-0.39, 0.29) is 16.5 Å². The van der Waals surface area contributed by atoms with Crippen molar-refractivity contribution < 1.29 is 0 Å². The summed E-state index contributed by atoms with van der Waals surface area (Å²) in [5.41, 5.74) is 1.54. The van der Waals surface area contributed by atoms with Crippen molar-refractivity contribution in [1.82, 2.24) is 0 Å². The largest absolute Gasteiger partial charge is 0.347 e. The molecule has 2 aromatic rings. The smallest absolute Gasteiger partial charge is 0.337 e. The molecule has 0 aliphatic carbocycles. The number of nitriles is 1. The lowest BCUT2D eigenvalue weighted by Gasteiger charge is -2.24. The van der Waals surface area contributed by atoms with Crippen LogP contribution in [0, 0.1) is 17.9 Å². The van der Waals surface area contributed by atoms with Crippen LogP contribution in [0.2, 0.25) is 0 Å². The first-order chi connectivity index (χ1) is 11.3. The highest BCUT2D eigenvalue weighted by molar-refractivity contribution is 5.77. The fraction of sp³-hybridized carbons (Fsp3) is 0.263. The van der Waals surface area contributed by atoms with Gasteiger partial charge in [-0.1, -0.05) is 32.0 Å². The van der Waals surface area contributed by atoms with Crippen LogP contribution in [0.1, 0.15) is 36.6 Å². The van der Waals surface area contributed by atoms with E-state index in [9.17, 15) is 9.59 Å². The molecule has 0 amide bonds. The Kier molecular flexibility index (Phi) is 3.39. The Morgan fingerprint density at radius 2 is 1.96 bits per heavy atom. The van der Waals surface area contributed by atoms with Crippen LogP contribution in [0.3, 0.4) is 0 Å². The Morgan fingerprint density at radius 3 is 2.54 bits per heavy atom. The Bertz CT molecular complexity index is 1010. The molecule has 0 saturated heterocycles. The number of benzene rings is 1. The third-order valence-electron chi connectivity index (χ3n) is 4.73. The molecule has 5 heteroatoms. The number of hydrogen-bond acceptors (Lipinski definition) is 4. The SMILES string of the molecule is [C-]#[N+]C(C#N)c1c(C=C2N(C)c3ccccc3C2(C)C)c(=O)c1=O. The van der Waals surface area contributed by atoms with Crippen LogP contribution in [0.5, 0.6) is 0 Å². The minimum Gasteiger partial charge on any atom is -0.347 e. The van der Waals surface area contributed by atoms with E-state index in [4.69, 9.17) is 11.8 Å². The highest BCUT2D eigenvalue weighted by atomic mass is 16.2. The molecule has 24 heavy (non-hydrogen) atoms. The molecule has 1 aliphatic rings. The molecular formula is C19H15N3O2. The Balaban J connectivity index is 2.18. The molecule has 0 bridgehead atoms. The summed E-state index contributed by atoms with van der Waals surface area (Å²) in [6, 6.07) is 8.50. The van der Waals surface area contributed by atoms with E-state index in [1.165, 1.54) is 0 Å². The van der Waals surface area contributed by atoms with Gasteiger partial charge in [0.15, 0.2) is 6.07 Å². The topological polar surface area (TPSA) is 65.5 Å². The average Bonchev–Trinajstić information content (AvgIpc) is 2.78. The van der Waals surface area contributed by atoms with E-state index in [0.29, 0.717) is 0 Å². The van der Waals surface area contributed by atoms with E-state index >= 15 is 0 Å². The van der Waals surface area contributed by atoms with Gasteiger partial charge in [0.2, 0.25) is 10.9 Å². The third-order valence-corrected chi connectivity index (χ3v) is 4.73. The monoisotopic (exact) mass is 317 g/mol. The van der Waals surface area contributed by atoms with Crippen LogP contribution in [0.15, 0.2) is 39.6 Å². The van der Waals surface area contributed by atoms with E-state index in [1.54, 1.807) is 12.1 Å². The molecule has 0 saturated carbocycles. The first-order valence-electron chi connectivity index (χ1n) is 7.49. The van der Waals surface area contributed by atoms with Gasteiger partial charge >= 0.3 is 6.04 Å². The molecule has 5 nitrogen and oxygen atoms in total. The van der Waals surface area contributed by atoms with Crippen LogP contribution in [0.4, 0.5) is 5.69 Å². The lowest BCUT2D eigenvalue weighted by atomic mass is 9.82. The molecule has 1 aliphatic heterocycles. The van der Waals surface area contributed by atoms with Crippen molar-refractivity contribution >= 4 is 11.8 Å². The minimum absolute atomic E-state index is 0.0187. The van der Waals surface area contributed by atoms with Gasteiger partial charge in [-0.05, 0) is 17.7 Å². The van der Waals surface area contributed by atoms with Gasteiger partial charge in [-0.25, -0.2) is 6.57 Å². The van der Waals surface area contributed by atoms with Gasteiger partial charge in [0.25, 0.3) is 0 Å². The van der Waals surface area contributed by atoms with Gasteiger partial charge in [0.05, 0.1) is 0 Å². The molecule has 2 aromatic carbocycles. The first kappa shape index (κ1) is 15.7. The number of para-hydroxylation sites is 1. The van der Waals surface area contributed by atoms with E-state index in [2.05, 4.69) is 4.85 Å². The molecule has 0 radical (unpaired) electrons. The maximum atomic E-state index is 12.0. The van der Waals surface area contributed by atoms with Crippen molar-refractivity contribution in [2.45, 2.75) is 25.3 Å². The highest BCUT2D eigenvalue weighted by Crippen LogP contribution is 2.47. The number of anilines is 1. The van der Waals surface area contributed by atoms with Gasteiger partial charge in [-0.3, -0.25) is 14.4 Å². The maximum Gasteiger partial charge on any atom is 0.337 e. The van der Waals surface area contributed by atoms with Crippen LogP contribution < -0.4 is 15.8 Å². The number of fused-ring (bicyclic) bond motifs is 1. The Hall–Kier alpha value is -3.18. The van der Waals surface area contributed by atoms with Crippen LogP contribution in [0.25, 0.3) is 10.9 Å². The lowest BCUT2D eigenvalue weighted by molar-refractivity contribution is 0.645. The number of likely N-dealkylation sites (N-methyl/N-ethyl adjacent to an activating group) is 1. The zero-order valence-electron chi connectivity index (χ0n) is 13.6. The van der Waals surface area contributed by atoms with Crippen LogP contribution in [-0.2, 0) is 5.41 Å². The molecule has 118 valence electrons. The summed E-state index contributed by atoms with van der Waals surface area (Å²) in [7, 11) is 1.90. The zero-order valence-corrected chi connectivity index (χ0v) is 13.6. The van der Waals surface area contributed by atoms with Crippen molar-refractivity contribution in [1.29, 1.82) is 5.26 Å². The van der Waals surface area contributed by atoms with Gasteiger partial charge in [0.1, 0.15) is 5.56 Å². The summed E-state index contributed by atoms with van der Waals surface area (Å²) < 4.78 is 0. The van der Waals surface area contributed by atoms with Crippen molar-refractivity contribution in [2.24, 2.45) is 0 Å². The molecule has 1 heterocycles. The quantitative estimate of drug-likeness (QED) is 0.630. The van der Waals surface area contributed by atoms with Crippen molar-refractivity contribution in [2.75, 3.05) is 11.9 Å². The molecule has 0 N–H and O–H groups in total. The normalized spacial score (nSPS) is 18.2. The fourth-order valence-electron chi connectivity index (χ4n) is 3.40. The Labute approximate surface area is 139 Å². The summed E-state index contributed by atoms with van der Waals surface area (Å²) in [6.45, 7) is 11.1. The number of rotatable bonds is 2. The summed E-state index contributed by atoms with van der Waals surface area (Å²) in [5, 5.41) is 9.05. The van der Waals surface area contributed by atoms with Gasteiger partial charge < -0.3 is 4.90 Å². The van der Waals surface area contributed by atoms with Crippen LogP contribution >= 0.6 is 0 Å². The molecule has 0 spiro atoms. The van der Waals surface area contributed by atoms with E-state index in [0.717, 1.165) is 16.9 Å². The Morgan fingerprint density at radius 1 is 1.29 bits per heavy atom. The molecule has 0 fully saturated rings. The van der Waals surface area contributed by atoms with Gasteiger partial charge in [-0.15, -0.1) is 0 Å². The second-order valence-electron chi connectivity index (χ2n) is 6.38. The fourth-order valence-corrected chi connectivity index (χ4v) is 3.40. The maximum absolute atomic E-state index is 12.0. The summed E-state index contributed by atoms with van der Waals surface area (Å²) >= 11 is 0. The summed E-state index contributed by atoms with van der Waals surface area (Å²) in [5.74, 6) is 0. The number of hydrogen-bond donors (Lipinski definition) is 0. The standard InChI is InChI=1S/C19H15N3O2/c1-19(2)12-7-5-6-8-14(12)22(4)15(19)9-11-16(13(10-20)21-3)18(24)17(11)23/h5-9,13H,1-2,4H3. The molecule has 1 unspecified atom stereocenters. The molecular weight excluding hydrogens is 302 g/mol. The second kappa shape index (κ2) is 5.18. The van der Waals surface area contributed by atoms with Crippen molar-refractivity contribution in [3.63, 3.8) is 0 Å². The predicted octanol–water partition coefficient (Wildman–Crippen LogP) is 2.54. The summed E-state index contributed by atoms with van der Waals surface area (Å²) in [6.07, 6.45) is 1.66. The first-order valence-corrected chi connectivity index (χ1v) is 7.49. The minimum atomic E-state index is -1.22. The van der Waals surface area contributed by atoms with E-state index < -0.39 is 16.9 Å². The molecule has 1 atom stereocenters. The second-order valence-corrected chi connectivity index (χ2v) is 6.38. The average molecular weight is 317 g/mol. The lowest BCUT2D eigenvalue weighted by Crippen LogP contribution is -2.39. The zero-order chi connectivity index (χ0) is 17.6. The van der Waals surface area contributed by atoms with E-state index in [1.807, 2.05) is 50.1 Å². The highest BCUT2D eigenvalue weighted by Gasteiger charge is 2.40. The van der Waals surface area contributed by atoms with Crippen LogP contribution in [-0.4, -0.2) is 7.05 Å². The van der Waals surface area contributed by atoms with Gasteiger partial charge in [-0.2, -0.15) is 5.26 Å². The third kappa shape index (κ3) is 1.92. The molecule has 0 aromatic heterocycles. The molecule has 3 rings (SSSR count). The summed E-state index contributed by atoms with van der Waals surface area (Å²) in [4.78, 5) is 29.0. The predicted molar refractivity (Wildman–Crippen MR) is 92.2 cm³/mol. The van der Waals surface area contributed by atoms with Gasteiger partial charge in [0, 0.05) is 29.4 Å². The van der Waals surface area contributed by atoms with Crippen molar-refractivity contribution in [3.05, 3.63) is 78.5 Å².